The van der Waals surface area contributed by atoms with E-state index in [1.165, 1.54) is 42.0 Å². The van der Waals surface area contributed by atoms with Crippen molar-refractivity contribution in [2.45, 2.75) is 40.7 Å². The molecule has 1 nitrogen and oxygen atoms in total. The minimum atomic E-state index is 0.267. The molecule has 1 aromatic carbocycles. The van der Waals surface area contributed by atoms with E-state index in [1.54, 1.807) is 0 Å². The van der Waals surface area contributed by atoms with Crippen molar-refractivity contribution in [2.75, 3.05) is 7.05 Å². The summed E-state index contributed by atoms with van der Waals surface area (Å²) in [5, 5.41) is 3.50. The van der Waals surface area contributed by atoms with E-state index in [1.807, 2.05) is 18.4 Å². The normalized spacial score (nSPS) is 12.8. The Labute approximate surface area is 134 Å². The van der Waals surface area contributed by atoms with Gasteiger partial charge < -0.3 is 5.32 Å². The van der Waals surface area contributed by atoms with Crippen molar-refractivity contribution in [3.63, 3.8) is 0 Å². The molecule has 0 aliphatic rings. The lowest BCUT2D eigenvalue weighted by molar-refractivity contribution is 0.692. The van der Waals surface area contributed by atoms with Crippen LogP contribution in [0.5, 0.6) is 0 Å². The maximum absolute atomic E-state index is 3.64. The van der Waals surface area contributed by atoms with Gasteiger partial charge in [-0.3, -0.25) is 0 Å². The Balaban J connectivity index is 2.63. The summed E-state index contributed by atoms with van der Waals surface area (Å²) in [6.07, 6.45) is 0. The fraction of sp³-hybridized carbons (Fsp3) is 0.412. The van der Waals surface area contributed by atoms with E-state index in [2.05, 4.69) is 68.0 Å². The van der Waals surface area contributed by atoms with Crippen LogP contribution in [0.15, 0.2) is 15.9 Å². The zero-order chi connectivity index (χ0) is 15.0. The first-order chi connectivity index (χ1) is 9.36. The molecule has 108 valence electrons. The smallest absolute Gasteiger partial charge is 0.0731 e. The third-order valence-electron chi connectivity index (χ3n) is 4.16. The number of nitrogens with one attached hydrogen (secondary N) is 1. The van der Waals surface area contributed by atoms with Crippen LogP contribution in [0.2, 0.25) is 0 Å². The second-order valence-electron chi connectivity index (χ2n) is 5.50. The SMILES string of the molecule is CNC(c1cc(C)c(Br)s1)c1c(C)c(C)cc(C)c1C. The summed E-state index contributed by atoms with van der Waals surface area (Å²) in [6, 6.07) is 4.84. The highest BCUT2D eigenvalue weighted by Gasteiger charge is 2.21. The average Bonchev–Trinajstić information content (AvgIpc) is 2.72. The van der Waals surface area contributed by atoms with Crippen molar-refractivity contribution in [1.29, 1.82) is 0 Å². The van der Waals surface area contributed by atoms with Crippen molar-refractivity contribution in [1.82, 2.24) is 5.32 Å². The molecule has 0 saturated heterocycles. The molecule has 1 heterocycles. The number of halogens is 1. The van der Waals surface area contributed by atoms with Crippen molar-refractivity contribution < 1.29 is 0 Å². The number of aryl methyl sites for hydroxylation is 3. The molecule has 0 aliphatic heterocycles. The highest BCUT2D eigenvalue weighted by Crippen LogP contribution is 2.37. The highest BCUT2D eigenvalue weighted by atomic mass is 79.9. The lowest BCUT2D eigenvalue weighted by atomic mass is 9.89. The molecule has 1 atom stereocenters. The number of benzene rings is 1. The molecule has 3 heteroatoms. The fourth-order valence-corrected chi connectivity index (χ4v) is 4.43. The van der Waals surface area contributed by atoms with Crippen LogP contribution in [0.4, 0.5) is 0 Å². The van der Waals surface area contributed by atoms with Crippen LogP contribution in [-0.2, 0) is 0 Å². The molecule has 1 aromatic heterocycles. The van der Waals surface area contributed by atoms with Crippen LogP contribution in [0, 0.1) is 34.6 Å². The maximum atomic E-state index is 3.64. The zero-order valence-corrected chi connectivity index (χ0v) is 15.4. The van der Waals surface area contributed by atoms with E-state index >= 15 is 0 Å². The van der Waals surface area contributed by atoms with Gasteiger partial charge in [-0.05, 0) is 97.0 Å². The van der Waals surface area contributed by atoms with Gasteiger partial charge in [0.05, 0.1) is 9.83 Å². The Bertz CT molecular complexity index is 597. The molecule has 0 saturated carbocycles. The summed E-state index contributed by atoms with van der Waals surface area (Å²) in [5.41, 5.74) is 8.28. The summed E-state index contributed by atoms with van der Waals surface area (Å²) in [6.45, 7) is 11.0. The van der Waals surface area contributed by atoms with Gasteiger partial charge in [0, 0.05) is 4.88 Å². The second kappa shape index (κ2) is 6.00. The molecular formula is C17H22BrNS. The summed E-state index contributed by atoms with van der Waals surface area (Å²) in [4.78, 5) is 1.37. The molecule has 2 rings (SSSR count). The first kappa shape index (κ1) is 15.7. The van der Waals surface area contributed by atoms with Gasteiger partial charge in [0.2, 0.25) is 0 Å². The van der Waals surface area contributed by atoms with E-state index in [4.69, 9.17) is 0 Å². The largest absolute Gasteiger partial charge is 0.309 e. The zero-order valence-electron chi connectivity index (χ0n) is 13.0. The summed E-state index contributed by atoms with van der Waals surface area (Å²) >= 11 is 5.47. The van der Waals surface area contributed by atoms with E-state index in [-0.39, 0.29) is 6.04 Å². The van der Waals surface area contributed by atoms with Crippen LogP contribution in [0.25, 0.3) is 0 Å². The molecule has 1 unspecified atom stereocenters. The monoisotopic (exact) mass is 351 g/mol. The Hall–Kier alpha value is -0.640. The van der Waals surface area contributed by atoms with Gasteiger partial charge in [-0.2, -0.15) is 0 Å². The molecule has 0 bridgehead atoms. The third kappa shape index (κ3) is 2.72. The quantitative estimate of drug-likeness (QED) is 0.784. The fourth-order valence-electron chi connectivity index (χ4n) is 2.74. The van der Waals surface area contributed by atoms with Crippen molar-refractivity contribution in [3.05, 3.63) is 54.2 Å². The van der Waals surface area contributed by atoms with Gasteiger partial charge in [0.15, 0.2) is 0 Å². The summed E-state index contributed by atoms with van der Waals surface area (Å²) in [7, 11) is 2.05. The molecule has 0 spiro atoms. The summed E-state index contributed by atoms with van der Waals surface area (Å²) < 4.78 is 1.23. The van der Waals surface area contributed by atoms with Gasteiger partial charge >= 0.3 is 0 Å². The predicted octanol–water partition coefficient (Wildman–Crippen LogP) is 5.36. The molecular weight excluding hydrogens is 330 g/mol. The number of hydrogen-bond acceptors (Lipinski definition) is 2. The standard InChI is InChI=1S/C17H22BrNS/c1-9-7-10(2)13(5)15(12(9)4)16(19-6)14-8-11(3)17(18)20-14/h7-8,16,19H,1-6H3. The molecule has 0 fully saturated rings. The van der Waals surface area contributed by atoms with Gasteiger partial charge in [0.25, 0.3) is 0 Å². The van der Waals surface area contributed by atoms with Gasteiger partial charge in [-0.1, -0.05) is 6.07 Å². The number of hydrogen-bond donors (Lipinski definition) is 1. The Morgan fingerprint density at radius 2 is 1.50 bits per heavy atom. The summed E-state index contributed by atoms with van der Waals surface area (Å²) in [5.74, 6) is 0. The van der Waals surface area contributed by atoms with Crippen LogP contribution in [-0.4, -0.2) is 7.05 Å². The lowest BCUT2D eigenvalue weighted by Crippen LogP contribution is -2.19. The predicted molar refractivity (Wildman–Crippen MR) is 93.0 cm³/mol. The molecule has 0 aliphatic carbocycles. The Kier molecular flexibility index (Phi) is 4.73. The Morgan fingerprint density at radius 1 is 0.950 bits per heavy atom. The van der Waals surface area contributed by atoms with Gasteiger partial charge in [0.1, 0.15) is 0 Å². The minimum Gasteiger partial charge on any atom is -0.309 e. The van der Waals surface area contributed by atoms with Crippen molar-refractivity contribution >= 4 is 27.3 Å². The van der Waals surface area contributed by atoms with Gasteiger partial charge in [-0.25, -0.2) is 0 Å². The molecule has 1 N–H and O–H groups in total. The lowest BCUT2D eigenvalue weighted by Gasteiger charge is -2.23. The van der Waals surface area contributed by atoms with E-state index in [0.717, 1.165) is 0 Å². The van der Waals surface area contributed by atoms with Crippen LogP contribution in [0.1, 0.15) is 44.3 Å². The third-order valence-corrected chi connectivity index (χ3v) is 6.36. The van der Waals surface area contributed by atoms with Crippen molar-refractivity contribution in [2.24, 2.45) is 0 Å². The van der Waals surface area contributed by atoms with Crippen LogP contribution >= 0.6 is 27.3 Å². The topological polar surface area (TPSA) is 12.0 Å². The molecule has 2 aromatic rings. The Morgan fingerprint density at radius 3 is 1.90 bits per heavy atom. The molecule has 0 radical (unpaired) electrons. The van der Waals surface area contributed by atoms with Crippen LogP contribution in [0.3, 0.4) is 0 Å². The second-order valence-corrected chi connectivity index (χ2v) is 7.90. The molecule has 20 heavy (non-hydrogen) atoms. The van der Waals surface area contributed by atoms with Crippen molar-refractivity contribution in [3.8, 4) is 0 Å². The number of rotatable bonds is 3. The minimum absolute atomic E-state index is 0.267. The van der Waals surface area contributed by atoms with E-state index in [9.17, 15) is 0 Å². The van der Waals surface area contributed by atoms with Crippen LogP contribution < -0.4 is 5.32 Å². The first-order valence-corrected chi connectivity index (χ1v) is 8.48. The highest BCUT2D eigenvalue weighted by molar-refractivity contribution is 9.11. The van der Waals surface area contributed by atoms with Gasteiger partial charge in [-0.15, -0.1) is 11.3 Å². The van der Waals surface area contributed by atoms with E-state index < -0.39 is 0 Å². The average molecular weight is 352 g/mol. The number of thiophene rings is 1. The first-order valence-electron chi connectivity index (χ1n) is 6.87. The van der Waals surface area contributed by atoms with E-state index in [0.29, 0.717) is 0 Å². The maximum Gasteiger partial charge on any atom is 0.0731 e. The molecule has 0 amide bonds.